The summed E-state index contributed by atoms with van der Waals surface area (Å²) in [6.07, 6.45) is 0.492. The summed E-state index contributed by atoms with van der Waals surface area (Å²) in [6, 6.07) is 18.1. The molecule has 4 rings (SSSR count). The van der Waals surface area contributed by atoms with Gasteiger partial charge in [-0.15, -0.1) is 0 Å². The van der Waals surface area contributed by atoms with Crippen LogP contribution in [0.3, 0.4) is 0 Å². The number of hydrazone groups is 1. The highest BCUT2D eigenvalue weighted by Crippen LogP contribution is 2.33. The van der Waals surface area contributed by atoms with Gasteiger partial charge >= 0.3 is 5.69 Å². The third-order valence-corrected chi connectivity index (χ3v) is 5.30. The van der Waals surface area contributed by atoms with E-state index in [1.54, 1.807) is 6.92 Å². The van der Waals surface area contributed by atoms with E-state index in [0.29, 0.717) is 0 Å². The minimum absolute atomic E-state index is 0.0856. The molecule has 158 valence electrons. The van der Waals surface area contributed by atoms with E-state index in [1.165, 1.54) is 5.01 Å². The second-order valence-corrected chi connectivity index (χ2v) is 7.30. The van der Waals surface area contributed by atoms with Crippen molar-refractivity contribution in [2.45, 2.75) is 32.4 Å². The third kappa shape index (κ3) is 3.92. The average Bonchev–Trinajstić information content (AvgIpc) is 3.22. The fourth-order valence-corrected chi connectivity index (χ4v) is 3.72. The molecule has 1 atom stereocenters. The number of benzene rings is 2. The lowest BCUT2D eigenvalue weighted by Gasteiger charge is -2.21. The molecular formula is C23H22N4O4. The fourth-order valence-electron chi connectivity index (χ4n) is 3.72. The smallest absolute Gasteiger partial charge is 0.331 e. The first-order chi connectivity index (χ1) is 15.0. The second kappa shape index (κ2) is 8.43. The van der Waals surface area contributed by atoms with E-state index in [0.717, 1.165) is 15.7 Å². The molecule has 0 fully saturated rings. The van der Waals surface area contributed by atoms with Crippen LogP contribution < -0.4 is 11.2 Å². The number of carbonyl (C=O) groups is 1. The molecule has 2 N–H and O–H groups in total. The normalized spacial score (nSPS) is 15.7. The minimum atomic E-state index is -0.733. The first-order valence-electron chi connectivity index (χ1n) is 10.0. The Morgan fingerprint density at radius 3 is 2.39 bits per heavy atom. The van der Waals surface area contributed by atoms with Crippen molar-refractivity contribution in [3.8, 4) is 5.88 Å². The predicted octanol–water partition coefficient (Wildman–Crippen LogP) is 2.38. The zero-order valence-electron chi connectivity index (χ0n) is 17.0. The number of aromatic hydroxyl groups is 1. The van der Waals surface area contributed by atoms with E-state index in [4.69, 9.17) is 0 Å². The van der Waals surface area contributed by atoms with Crippen LogP contribution in [0.4, 0.5) is 0 Å². The quantitative estimate of drug-likeness (QED) is 0.663. The molecule has 2 aromatic carbocycles. The molecule has 1 unspecified atom stereocenters. The van der Waals surface area contributed by atoms with Gasteiger partial charge in [-0.3, -0.25) is 19.1 Å². The van der Waals surface area contributed by atoms with Crippen LogP contribution in [0.25, 0.3) is 0 Å². The fraction of sp³-hybridized carbons (Fsp3) is 0.217. The van der Waals surface area contributed by atoms with E-state index in [9.17, 15) is 19.5 Å². The van der Waals surface area contributed by atoms with Crippen molar-refractivity contribution in [2.24, 2.45) is 5.10 Å². The highest BCUT2D eigenvalue weighted by Gasteiger charge is 2.35. The number of amides is 1. The van der Waals surface area contributed by atoms with Gasteiger partial charge in [0.2, 0.25) is 11.8 Å². The number of nitrogens with one attached hydrogen (secondary N) is 1. The van der Waals surface area contributed by atoms with Crippen molar-refractivity contribution in [2.75, 3.05) is 0 Å². The zero-order valence-corrected chi connectivity index (χ0v) is 17.0. The Labute approximate surface area is 178 Å². The lowest BCUT2D eigenvalue weighted by Crippen LogP contribution is -2.34. The van der Waals surface area contributed by atoms with Crippen molar-refractivity contribution in [1.29, 1.82) is 0 Å². The zero-order chi connectivity index (χ0) is 22.0. The molecule has 1 aromatic heterocycles. The van der Waals surface area contributed by atoms with Crippen LogP contribution in [-0.4, -0.2) is 31.3 Å². The maximum atomic E-state index is 12.6. The van der Waals surface area contributed by atoms with Crippen LogP contribution in [0.5, 0.6) is 5.88 Å². The predicted molar refractivity (Wildman–Crippen MR) is 116 cm³/mol. The Kier molecular flexibility index (Phi) is 5.53. The topological polar surface area (TPSA) is 108 Å². The summed E-state index contributed by atoms with van der Waals surface area (Å²) < 4.78 is 1.09. The molecule has 0 bridgehead atoms. The van der Waals surface area contributed by atoms with Crippen molar-refractivity contribution in [3.63, 3.8) is 0 Å². The molecule has 1 aliphatic rings. The van der Waals surface area contributed by atoms with Gasteiger partial charge in [-0.2, -0.15) is 5.10 Å². The summed E-state index contributed by atoms with van der Waals surface area (Å²) in [5.74, 6) is -0.661. The Balaban J connectivity index is 1.78. The van der Waals surface area contributed by atoms with Gasteiger partial charge in [0, 0.05) is 12.8 Å². The summed E-state index contributed by atoms with van der Waals surface area (Å²) in [6.45, 7) is 1.82. The van der Waals surface area contributed by atoms with Crippen LogP contribution in [0, 0.1) is 0 Å². The first-order valence-corrected chi connectivity index (χ1v) is 10.0. The summed E-state index contributed by atoms with van der Waals surface area (Å²) in [4.78, 5) is 39.8. The van der Waals surface area contributed by atoms with Crippen molar-refractivity contribution in [1.82, 2.24) is 14.6 Å². The van der Waals surface area contributed by atoms with Gasteiger partial charge in [0.05, 0.1) is 18.3 Å². The maximum Gasteiger partial charge on any atom is 0.331 e. The first kappa shape index (κ1) is 20.3. The molecule has 3 aromatic rings. The highest BCUT2D eigenvalue weighted by atomic mass is 16.3. The largest absolute Gasteiger partial charge is 0.494 e. The van der Waals surface area contributed by atoms with Gasteiger partial charge in [0.25, 0.3) is 5.56 Å². The molecule has 31 heavy (non-hydrogen) atoms. The molecule has 8 nitrogen and oxygen atoms in total. The van der Waals surface area contributed by atoms with Gasteiger partial charge in [-0.1, -0.05) is 67.6 Å². The Bertz CT molecular complexity index is 1250. The SMILES string of the molecule is CCC(=O)N1N=C(c2c(O)n(Cc3ccccc3)c(=O)[nH]c2=O)CC1c1ccccc1. The number of hydrogen-bond donors (Lipinski definition) is 2. The van der Waals surface area contributed by atoms with Crippen LogP contribution in [0.2, 0.25) is 0 Å². The monoisotopic (exact) mass is 418 g/mol. The van der Waals surface area contributed by atoms with E-state index >= 15 is 0 Å². The lowest BCUT2D eigenvalue weighted by atomic mass is 9.99. The maximum absolute atomic E-state index is 12.6. The minimum Gasteiger partial charge on any atom is -0.494 e. The van der Waals surface area contributed by atoms with E-state index < -0.39 is 23.2 Å². The number of hydrogen-bond acceptors (Lipinski definition) is 5. The Morgan fingerprint density at radius 1 is 1.10 bits per heavy atom. The number of nitrogens with zero attached hydrogens (tertiary/aromatic N) is 3. The van der Waals surface area contributed by atoms with Gasteiger partial charge in [0.1, 0.15) is 5.56 Å². The average molecular weight is 418 g/mol. The Morgan fingerprint density at radius 2 is 1.74 bits per heavy atom. The number of aromatic nitrogens is 2. The van der Waals surface area contributed by atoms with Crippen LogP contribution >= 0.6 is 0 Å². The lowest BCUT2D eigenvalue weighted by molar-refractivity contribution is -0.132. The second-order valence-electron chi connectivity index (χ2n) is 7.30. The summed E-state index contributed by atoms with van der Waals surface area (Å²) >= 11 is 0. The van der Waals surface area contributed by atoms with Crippen LogP contribution in [-0.2, 0) is 11.3 Å². The molecule has 0 saturated carbocycles. The number of carbonyl (C=O) groups excluding carboxylic acids is 1. The van der Waals surface area contributed by atoms with Crippen LogP contribution in [0.15, 0.2) is 75.4 Å². The van der Waals surface area contributed by atoms with Gasteiger partial charge in [-0.05, 0) is 11.1 Å². The van der Waals surface area contributed by atoms with Crippen molar-refractivity contribution in [3.05, 3.63) is 98.2 Å². The summed E-state index contributed by atoms with van der Waals surface area (Å²) in [5, 5.41) is 16.6. The van der Waals surface area contributed by atoms with E-state index in [1.807, 2.05) is 60.7 Å². The molecular weight excluding hydrogens is 396 g/mol. The molecule has 1 amide bonds. The molecule has 0 spiro atoms. The number of H-pyrrole nitrogens is 1. The Hall–Kier alpha value is -3.94. The van der Waals surface area contributed by atoms with Gasteiger partial charge < -0.3 is 5.11 Å². The molecule has 2 heterocycles. The van der Waals surface area contributed by atoms with Gasteiger partial charge in [0.15, 0.2) is 0 Å². The molecule has 0 radical (unpaired) electrons. The summed E-state index contributed by atoms with van der Waals surface area (Å²) in [5.41, 5.74) is 0.379. The molecule has 1 aliphatic heterocycles. The van der Waals surface area contributed by atoms with Crippen molar-refractivity contribution < 1.29 is 9.90 Å². The molecule has 8 heteroatoms. The number of rotatable bonds is 5. The van der Waals surface area contributed by atoms with Gasteiger partial charge in [-0.25, -0.2) is 9.80 Å². The van der Waals surface area contributed by atoms with Crippen LogP contribution in [0.1, 0.15) is 42.5 Å². The van der Waals surface area contributed by atoms with E-state index in [2.05, 4.69) is 10.1 Å². The standard InChI is InChI=1S/C23H22N4O4/c1-2-19(28)27-18(16-11-7-4-8-12-16)13-17(25-27)20-21(29)24-23(31)26(22(20)30)14-15-9-5-3-6-10-15/h3-12,18,30H,2,13-14H2,1H3,(H,24,29,31). The molecule has 0 saturated heterocycles. The summed E-state index contributed by atoms with van der Waals surface area (Å²) in [7, 11) is 0. The number of aromatic amines is 1. The third-order valence-electron chi connectivity index (χ3n) is 5.30. The highest BCUT2D eigenvalue weighted by molar-refractivity contribution is 6.04. The van der Waals surface area contributed by atoms with E-state index in [-0.39, 0.29) is 36.6 Å². The van der Waals surface area contributed by atoms with Crippen molar-refractivity contribution >= 4 is 11.6 Å². The molecule has 0 aliphatic carbocycles.